The summed E-state index contributed by atoms with van der Waals surface area (Å²) >= 11 is 1.19. The Morgan fingerprint density at radius 2 is 2.38 bits per heavy atom. The lowest BCUT2D eigenvalue weighted by Crippen LogP contribution is -2.16. The molecule has 0 fully saturated rings. The number of anilines is 1. The lowest BCUT2D eigenvalue weighted by molar-refractivity contribution is 0.596. The predicted octanol–water partition coefficient (Wildman–Crippen LogP) is 0.126. The van der Waals surface area contributed by atoms with E-state index in [0.717, 1.165) is 0 Å². The van der Waals surface area contributed by atoms with Crippen molar-refractivity contribution in [3.05, 3.63) is 23.3 Å². The maximum atomic E-state index is 11.9. The van der Waals surface area contributed by atoms with Crippen molar-refractivity contribution in [1.29, 1.82) is 0 Å². The Hall–Kier alpha value is -1.45. The second kappa shape index (κ2) is 4.20. The van der Waals surface area contributed by atoms with Crippen molar-refractivity contribution in [2.75, 3.05) is 4.72 Å². The van der Waals surface area contributed by atoms with Crippen LogP contribution in [-0.2, 0) is 16.6 Å². The van der Waals surface area contributed by atoms with Crippen LogP contribution < -0.4 is 10.5 Å². The first-order chi connectivity index (χ1) is 7.63. The summed E-state index contributed by atoms with van der Waals surface area (Å²) < 4.78 is 26.1. The Labute approximate surface area is 95.8 Å². The molecule has 0 unspecified atom stereocenters. The number of hydrogen-bond donors (Lipinski definition) is 3. The Kier molecular flexibility index (Phi) is 2.90. The Bertz CT molecular complexity index is 559. The molecule has 9 heteroatoms. The Balaban J connectivity index is 2.33. The molecule has 2 aromatic heterocycles. The first-order valence-corrected chi connectivity index (χ1v) is 6.64. The fourth-order valence-corrected chi connectivity index (χ4v) is 3.05. The number of H-pyrrole nitrogens is 1. The van der Waals surface area contributed by atoms with Gasteiger partial charge >= 0.3 is 0 Å². The number of aromatic amines is 1. The number of nitrogens with two attached hydrogens (primary N) is 1. The lowest BCUT2D eigenvalue weighted by Gasteiger charge is -2.03. The number of rotatable bonds is 4. The first kappa shape index (κ1) is 11.0. The quantitative estimate of drug-likeness (QED) is 0.722. The van der Waals surface area contributed by atoms with Crippen LogP contribution in [0.1, 0.15) is 5.56 Å². The number of sulfonamides is 1. The van der Waals surface area contributed by atoms with Crippen LogP contribution in [0.2, 0.25) is 0 Å². The standard InChI is InChI=1S/C7H9N5O2S2/c8-3-5-4-10-11-6(5)16(13,14)12-7-9-1-2-15-7/h1-2,4H,3,8H2,(H,9,12)(H,10,11). The molecule has 0 aromatic carbocycles. The zero-order valence-electron chi connectivity index (χ0n) is 8.04. The van der Waals surface area contributed by atoms with Gasteiger partial charge in [0.2, 0.25) is 0 Å². The molecule has 0 amide bonds. The van der Waals surface area contributed by atoms with Crippen molar-refractivity contribution in [1.82, 2.24) is 15.2 Å². The number of thiazole rings is 1. The van der Waals surface area contributed by atoms with Gasteiger partial charge in [-0.3, -0.25) is 9.82 Å². The maximum Gasteiger partial charge on any atom is 0.280 e. The molecular formula is C7H9N5O2S2. The molecule has 7 nitrogen and oxygen atoms in total. The summed E-state index contributed by atoms with van der Waals surface area (Å²) in [6.45, 7) is 0.102. The Morgan fingerprint density at radius 3 is 3.00 bits per heavy atom. The van der Waals surface area contributed by atoms with Gasteiger partial charge in [0.1, 0.15) is 0 Å². The summed E-state index contributed by atoms with van der Waals surface area (Å²) in [4.78, 5) is 3.83. The van der Waals surface area contributed by atoms with Crippen molar-refractivity contribution in [3.63, 3.8) is 0 Å². The van der Waals surface area contributed by atoms with Crippen LogP contribution in [0.25, 0.3) is 0 Å². The van der Waals surface area contributed by atoms with Crippen molar-refractivity contribution in [3.8, 4) is 0 Å². The van der Waals surface area contributed by atoms with E-state index < -0.39 is 10.0 Å². The van der Waals surface area contributed by atoms with Crippen molar-refractivity contribution in [2.45, 2.75) is 11.6 Å². The van der Waals surface area contributed by atoms with Gasteiger partial charge in [-0.05, 0) is 0 Å². The summed E-state index contributed by atoms with van der Waals surface area (Å²) in [7, 11) is -3.68. The fourth-order valence-electron chi connectivity index (χ4n) is 1.12. The van der Waals surface area contributed by atoms with E-state index in [1.807, 2.05) is 0 Å². The van der Waals surface area contributed by atoms with Crippen LogP contribution in [0, 0.1) is 0 Å². The molecule has 0 saturated carbocycles. The average Bonchev–Trinajstić information content (AvgIpc) is 2.85. The highest BCUT2D eigenvalue weighted by Gasteiger charge is 2.20. The summed E-state index contributed by atoms with van der Waals surface area (Å²) in [6.07, 6.45) is 2.90. The minimum Gasteiger partial charge on any atom is -0.326 e. The van der Waals surface area contributed by atoms with Crippen molar-refractivity contribution < 1.29 is 8.42 Å². The number of aromatic nitrogens is 3. The van der Waals surface area contributed by atoms with Crippen molar-refractivity contribution >= 4 is 26.5 Å². The zero-order chi connectivity index (χ0) is 11.6. The van der Waals surface area contributed by atoms with E-state index in [0.29, 0.717) is 10.7 Å². The van der Waals surface area contributed by atoms with Gasteiger partial charge in [-0.15, -0.1) is 11.3 Å². The topological polar surface area (TPSA) is 114 Å². The highest BCUT2D eigenvalue weighted by Crippen LogP contribution is 2.18. The molecule has 0 atom stereocenters. The largest absolute Gasteiger partial charge is 0.326 e. The van der Waals surface area contributed by atoms with Crippen LogP contribution >= 0.6 is 11.3 Å². The SMILES string of the molecule is NCc1cn[nH]c1S(=O)(=O)Nc1nccs1. The minimum absolute atomic E-state index is 0.0230. The van der Waals surface area contributed by atoms with Gasteiger partial charge in [0.25, 0.3) is 10.0 Å². The van der Waals surface area contributed by atoms with Crippen LogP contribution in [0.4, 0.5) is 5.13 Å². The van der Waals surface area contributed by atoms with Crippen LogP contribution in [0.15, 0.2) is 22.8 Å². The Morgan fingerprint density at radius 1 is 1.56 bits per heavy atom. The second-order valence-corrected chi connectivity index (χ2v) is 5.39. The van der Waals surface area contributed by atoms with E-state index in [1.165, 1.54) is 23.7 Å². The minimum atomic E-state index is -3.68. The molecule has 0 spiro atoms. The van der Waals surface area contributed by atoms with Crippen LogP contribution in [0.3, 0.4) is 0 Å². The number of nitrogens with zero attached hydrogens (tertiary/aromatic N) is 2. The van der Waals surface area contributed by atoms with Crippen LogP contribution in [0.5, 0.6) is 0 Å². The van der Waals surface area contributed by atoms with E-state index in [2.05, 4.69) is 19.9 Å². The molecule has 0 aliphatic rings. The number of nitrogens with one attached hydrogen (secondary N) is 2. The molecule has 16 heavy (non-hydrogen) atoms. The van der Waals surface area contributed by atoms with Gasteiger partial charge in [-0.2, -0.15) is 13.5 Å². The van der Waals surface area contributed by atoms with Gasteiger partial charge in [0.05, 0.1) is 6.20 Å². The summed E-state index contributed by atoms with van der Waals surface area (Å²) in [5, 5.41) is 8.01. The third-order valence-corrected chi connectivity index (χ3v) is 3.99. The van der Waals surface area contributed by atoms with E-state index in [1.54, 1.807) is 5.38 Å². The zero-order valence-corrected chi connectivity index (χ0v) is 9.68. The average molecular weight is 259 g/mol. The predicted molar refractivity (Wildman–Crippen MR) is 59.4 cm³/mol. The van der Waals surface area contributed by atoms with Crippen LogP contribution in [-0.4, -0.2) is 23.6 Å². The van der Waals surface area contributed by atoms with E-state index in [9.17, 15) is 8.42 Å². The molecule has 0 bridgehead atoms. The second-order valence-electron chi connectivity index (χ2n) is 2.87. The molecule has 0 saturated heterocycles. The van der Waals surface area contributed by atoms with E-state index >= 15 is 0 Å². The van der Waals surface area contributed by atoms with Gasteiger partial charge in [0.15, 0.2) is 10.2 Å². The summed E-state index contributed by atoms with van der Waals surface area (Å²) in [5.74, 6) is 0. The van der Waals surface area contributed by atoms with Crippen molar-refractivity contribution in [2.24, 2.45) is 5.73 Å². The summed E-state index contributed by atoms with van der Waals surface area (Å²) in [6, 6.07) is 0. The highest BCUT2D eigenvalue weighted by atomic mass is 32.2. The molecule has 0 aliphatic heterocycles. The molecule has 4 N–H and O–H groups in total. The summed E-state index contributed by atoms with van der Waals surface area (Å²) in [5.41, 5.74) is 5.83. The van der Waals surface area contributed by atoms with Gasteiger partial charge < -0.3 is 5.73 Å². The molecular weight excluding hydrogens is 250 g/mol. The normalized spacial score (nSPS) is 11.6. The molecule has 2 aromatic rings. The molecule has 86 valence electrons. The van der Waals surface area contributed by atoms with E-state index in [-0.39, 0.29) is 11.6 Å². The third-order valence-electron chi connectivity index (χ3n) is 1.82. The molecule has 2 rings (SSSR count). The fraction of sp³-hybridized carbons (Fsp3) is 0.143. The maximum absolute atomic E-state index is 11.9. The van der Waals surface area contributed by atoms with E-state index in [4.69, 9.17) is 5.73 Å². The lowest BCUT2D eigenvalue weighted by atomic mass is 10.4. The number of hydrogen-bond acceptors (Lipinski definition) is 6. The van der Waals surface area contributed by atoms with Gasteiger partial charge in [0, 0.05) is 23.7 Å². The highest BCUT2D eigenvalue weighted by molar-refractivity contribution is 7.92. The smallest absolute Gasteiger partial charge is 0.280 e. The molecule has 0 radical (unpaired) electrons. The van der Waals surface area contributed by atoms with Gasteiger partial charge in [-0.25, -0.2) is 4.98 Å². The van der Waals surface area contributed by atoms with Gasteiger partial charge in [-0.1, -0.05) is 0 Å². The first-order valence-electron chi connectivity index (χ1n) is 4.28. The monoisotopic (exact) mass is 259 g/mol. The third kappa shape index (κ3) is 2.05. The molecule has 2 heterocycles. The molecule has 0 aliphatic carbocycles.